The van der Waals surface area contributed by atoms with E-state index in [-0.39, 0.29) is 35.7 Å². The van der Waals surface area contributed by atoms with Gasteiger partial charge in [-0.25, -0.2) is 9.78 Å². The van der Waals surface area contributed by atoms with Crippen LogP contribution in [0.2, 0.25) is 0 Å². The lowest BCUT2D eigenvalue weighted by Crippen LogP contribution is -2.30. The highest BCUT2D eigenvalue weighted by atomic mass is 32.1. The zero-order valence-electron chi connectivity index (χ0n) is 17.1. The fourth-order valence-corrected chi connectivity index (χ4v) is 5.84. The lowest BCUT2D eigenvalue weighted by atomic mass is 10.1. The molecule has 0 spiro atoms. The van der Waals surface area contributed by atoms with Gasteiger partial charge in [0.1, 0.15) is 11.1 Å². The maximum absolute atomic E-state index is 13.8. The standard InChI is InChI=1S/C21H23N2O6PS/c1-13(2)12-15-17(22)19(18(27-15)20-23-9-11-31-20)30(25)26-10-8-16(29-30)28-21(24)14-6-4-3-5-7-14/h3-7,9,11,13,16H,8,10,12,22H2,1-2H3. The van der Waals surface area contributed by atoms with E-state index in [2.05, 4.69) is 4.98 Å². The van der Waals surface area contributed by atoms with E-state index in [9.17, 15) is 9.36 Å². The Bertz CT molecular complexity index is 1100. The largest absolute Gasteiger partial charge is 0.455 e. The summed E-state index contributed by atoms with van der Waals surface area (Å²) in [6, 6.07) is 8.53. The minimum Gasteiger partial charge on any atom is -0.455 e. The third kappa shape index (κ3) is 4.60. The second kappa shape index (κ2) is 8.96. The molecule has 1 saturated heterocycles. The highest BCUT2D eigenvalue weighted by Gasteiger charge is 2.44. The molecule has 1 aliphatic rings. The van der Waals surface area contributed by atoms with Gasteiger partial charge in [0, 0.05) is 24.4 Å². The van der Waals surface area contributed by atoms with Crippen molar-refractivity contribution in [3.05, 3.63) is 53.2 Å². The van der Waals surface area contributed by atoms with Gasteiger partial charge < -0.3 is 19.4 Å². The average molecular weight is 462 g/mol. The van der Waals surface area contributed by atoms with Crippen LogP contribution in [0.15, 0.2) is 46.3 Å². The van der Waals surface area contributed by atoms with Crippen LogP contribution in [0, 0.1) is 5.92 Å². The van der Waals surface area contributed by atoms with Crippen LogP contribution in [0.4, 0.5) is 5.69 Å². The predicted molar refractivity (Wildman–Crippen MR) is 117 cm³/mol. The molecule has 2 atom stereocenters. The number of furan rings is 1. The van der Waals surface area contributed by atoms with Crippen LogP contribution < -0.4 is 11.0 Å². The zero-order chi connectivity index (χ0) is 22.0. The molecule has 164 valence electrons. The number of nitrogen functional groups attached to an aromatic ring is 1. The topological polar surface area (TPSA) is 114 Å². The van der Waals surface area contributed by atoms with Crippen LogP contribution in [0.5, 0.6) is 0 Å². The molecule has 1 aliphatic heterocycles. The lowest BCUT2D eigenvalue weighted by Gasteiger charge is -2.29. The summed E-state index contributed by atoms with van der Waals surface area (Å²) in [6.45, 7) is 4.13. The molecule has 2 unspecified atom stereocenters. The molecule has 0 amide bonds. The molecule has 0 bridgehead atoms. The summed E-state index contributed by atoms with van der Waals surface area (Å²) in [6.07, 6.45) is 1.37. The molecule has 4 rings (SSSR count). The van der Waals surface area contributed by atoms with Crippen molar-refractivity contribution in [1.82, 2.24) is 4.98 Å². The number of benzene rings is 1. The van der Waals surface area contributed by atoms with Gasteiger partial charge in [0.25, 0.3) is 0 Å². The van der Waals surface area contributed by atoms with Crippen molar-refractivity contribution >= 4 is 35.9 Å². The fourth-order valence-electron chi connectivity index (χ4n) is 3.22. The molecule has 2 aromatic heterocycles. The molecule has 3 heterocycles. The third-order valence-corrected chi connectivity index (χ3v) is 7.41. The van der Waals surface area contributed by atoms with Gasteiger partial charge >= 0.3 is 13.6 Å². The van der Waals surface area contributed by atoms with E-state index in [0.717, 1.165) is 0 Å². The number of carbonyl (C=O) groups excluding carboxylic acids is 1. The third-order valence-electron chi connectivity index (χ3n) is 4.61. The van der Waals surface area contributed by atoms with Crippen molar-refractivity contribution in [2.75, 3.05) is 12.3 Å². The van der Waals surface area contributed by atoms with Crippen molar-refractivity contribution in [1.29, 1.82) is 0 Å². The van der Waals surface area contributed by atoms with Gasteiger partial charge in [-0.3, -0.25) is 9.09 Å². The monoisotopic (exact) mass is 462 g/mol. The maximum atomic E-state index is 13.8. The second-order valence-electron chi connectivity index (χ2n) is 7.48. The normalized spacial score (nSPS) is 21.3. The summed E-state index contributed by atoms with van der Waals surface area (Å²) in [7, 11) is -3.94. The average Bonchev–Trinajstić information content (AvgIpc) is 3.37. The summed E-state index contributed by atoms with van der Waals surface area (Å²) >= 11 is 1.32. The Kier molecular flexibility index (Phi) is 6.29. The van der Waals surface area contributed by atoms with Gasteiger partial charge in [-0.1, -0.05) is 32.0 Å². The Labute approximate surface area is 183 Å². The molecule has 0 aliphatic carbocycles. The number of esters is 1. The first-order valence-electron chi connectivity index (χ1n) is 9.88. The van der Waals surface area contributed by atoms with E-state index in [0.29, 0.717) is 22.8 Å². The van der Waals surface area contributed by atoms with Crippen molar-refractivity contribution in [3.63, 3.8) is 0 Å². The number of ether oxygens (including phenoxy) is 1. The number of carbonyl (C=O) groups is 1. The van der Waals surface area contributed by atoms with Crippen LogP contribution in [0.25, 0.3) is 10.8 Å². The Morgan fingerprint density at radius 3 is 2.81 bits per heavy atom. The van der Waals surface area contributed by atoms with Gasteiger partial charge in [0.05, 0.1) is 17.9 Å². The predicted octanol–water partition coefficient (Wildman–Crippen LogP) is 4.62. The van der Waals surface area contributed by atoms with Crippen LogP contribution in [-0.4, -0.2) is 23.9 Å². The zero-order valence-corrected chi connectivity index (χ0v) is 18.9. The number of hydrogen-bond donors (Lipinski definition) is 1. The Hall–Kier alpha value is -2.45. The molecule has 8 nitrogen and oxygen atoms in total. The van der Waals surface area contributed by atoms with Crippen LogP contribution >= 0.6 is 18.9 Å². The highest BCUT2D eigenvalue weighted by molar-refractivity contribution is 7.63. The van der Waals surface area contributed by atoms with Crippen molar-refractivity contribution in [2.45, 2.75) is 33.0 Å². The molecule has 3 aromatic rings. The fraction of sp³-hybridized carbons (Fsp3) is 0.333. The van der Waals surface area contributed by atoms with Crippen LogP contribution in [0.3, 0.4) is 0 Å². The highest BCUT2D eigenvalue weighted by Crippen LogP contribution is 2.56. The number of hydrogen-bond acceptors (Lipinski definition) is 9. The smallest absolute Gasteiger partial charge is 0.370 e. The quantitative estimate of drug-likeness (QED) is 0.417. The van der Waals surface area contributed by atoms with Crippen LogP contribution in [-0.2, 0) is 24.8 Å². The van der Waals surface area contributed by atoms with Gasteiger partial charge in [-0.05, 0) is 18.1 Å². The number of nitrogens with zero attached hydrogens (tertiary/aromatic N) is 1. The van der Waals surface area contributed by atoms with E-state index < -0.39 is 19.9 Å². The molecule has 0 radical (unpaired) electrons. The van der Waals surface area contributed by atoms with E-state index in [1.54, 1.807) is 41.9 Å². The van der Waals surface area contributed by atoms with Gasteiger partial charge in [0.15, 0.2) is 10.8 Å². The number of anilines is 1. The van der Waals surface area contributed by atoms with Gasteiger partial charge in [0.2, 0.25) is 6.29 Å². The number of nitrogens with two attached hydrogens (primary N) is 1. The molecule has 10 heteroatoms. The Balaban J connectivity index is 1.65. The first-order chi connectivity index (χ1) is 14.9. The number of aromatic nitrogens is 1. The van der Waals surface area contributed by atoms with Crippen molar-refractivity contribution in [2.24, 2.45) is 5.92 Å². The molecule has 0 saturated carbocycles. The first kappa shape index (κ1) is 21.8. The van der Waals surface area contributed by atoms with E-state index in [1.165, 1.54) is 11.3 Å². The SMILES string of the molecule is CC(C)Cc1oc(-c2nccs2)c(P2(=O)OCCC(OC(=O)c3ccccc3)O2)c1N. The first-order valence-corrected chi connectivity index (χ1v) is 12.3. The van der Waals surface area contributed by atoms with Crippen LogP contribution in [0.1, 0.15) is 36.4 Å². The number of thiazole rings is 1. The molecular weight excluding hydrogens is 439 g/mol. The number of rotatable bonds is 6. The Morgan fingerprint density at radius 2 is 2.13 bits per heavy atom. The summed E-state index contributed by atoms with van der Waals surface area (Å²) in [5, 5.41) is 2.43. The van der Waals surface area contributed by atoms with Crippen molar-refractivity contribution < 1.29 is 27.6 Å². The van der Waals surface area contributed by atoms with Gasteiger partial charge in [-0.2, -0.15) is 0 Å². The Morgan fingerprint density at radius 1 is 1.35 bits per heavy atom. The summed E-state index contributed by atoms with van der Waals surface area (Å²) < 4.78 is 36.5. The molecule has 31 heavy (non-hydrogen) atoms. The minimum atomic E-state index is -3.94. The van der Waals surface area contributed by atoms with Gasteiger partial charge in [-0.15, -0.1) is 11.3 Å². The summed E-state index contributed by atoms with van der Waals surface area (Å²) in [4.78, 5) is 16.7. The molecule has 2 N–H and O–H groups in total. The van der Waals surface area contributed by atoms with Crippen molar-refractivity contribution in [3.8, 4) is 10.8 Å². The summed E-state index contributed by atoms with van der Waals surface area (Å²) in [5.74, 6) is 0.460. The lowest BCUT2D eigenvalue weighted by molar-refractivity contribution is -0.0792. The second-order valence-corrected chi connectivity index (χ2v) is 10.3. The van der Waals surface area contributed by atoms with E-state index in [1.807, 2.05) is 13.8 Å². The minimum absolute atomic E-state index is 0.0749. The maximum Gasteiger partial charge on any atom is 0.370 e. The van der Waals surface area contributed by atoms with E-state index in [4.69, 9.17) is 23.9 Å². The summed E-state index contributed by atoms with van der Waals surface area (Å²) in [5.41, 5.74) is 6.95. The molecule has 1 aromatic carbocycles. The van der Waals surface area contributed by atoms with E-state index >= 15 is 0 Å². The molecule has 1 fully saturated rings. The molecular formula is C21H23N2O6PS.